The second kappa shape index (κ2) is 11.4. The van der Waals surface area contributed by atoms with Gasteiger partial charge in [-0.25, -0.2) is 9.18 Å². The lowest BCUT2D eigenvalue weighted by Gasteiger charge is -2.25. The summed E-state index contributed by atoms with van der Waals surface area (Å²) in [7, 11) is 1.12. The second-order valence-electron chi connectivity index (χ2n) is 9.67. The van der Waals surface area contributed by atoms with E-state index in [1.807, 2.05) is 0 Å². The van der Waals surface area contributed by atoms with E-state index < -0.39 is 46.7 Å². The van der Waals surface area contributed by atoms with Crippen molar-refractivity contribution >= 4 is 29.5 Å². The molecular weight excluding hydrogens is 561 g/mol. The third-order valence-electron chi connectivity index (χ3n) is 6.94. The van der Waals surface area contributed by atoms with Gasteiger partial charge in [-0.3, -0.25) is 14.7 Å². The van der Waals surface area contributed by atoms with E-state index in [1.165, 1.54) is 0 Å². The SMILES string of the molecule is CN(C(=O)Oc1c(/C(C=NCCN2CCC3CC3C2=O)=C/N)cc(C(F)(F)F)cc1C(F)(F)F)c1ccc(F)cc1. The van der Waals surface area contributed by atoms with Gasteiger partial charge in [-0.15, -0.1) is 0 Å². The molecule has 41 heavy (non-hydrogen) atoms. The van der Waals surface area contributed by atoms with Crippen LogP contribution in [-0.4, -0.2) is 49.8 Å². The molecule has 2 aromatic carbocycles. The van der Waals surface area contributed by atoms with E-state index in [9.17, 15) is 40.3 Å². The van der Waals surface area contributed by atoms with E-state index in [1.54, 1.807) is 4.90 Å². The number of benzene rings is 2. The lowest BCUT2D eigenvalue weighted by atomic mass is 9.98. The minimum atomic E-state index is -5.37. The maximum absolute atomic E-state index is 14.0. The molecule has 0 radical (unpaired) electrons. The molecule has 2 fully saturated rings. The number of hydrogen-bond donors (Lipinski definition) is 1. The molecule has 7 nitrogen and oxygen atoms in total. The minimum Gasteiger partial charge on any atom is -0.409 e. The van der Waals surface area contributed by atoms with Crippen molar-refractivity contribution in [3.05, 3.63) is 65.1 Å². The maximum atomic E-state index is 14.0. The predicted molar refractivity (Wildman–Crippen MR) is 136 cm³/mol. The number of halogens is 7. The normalized spacial score (nSPS) is 19.4. The number of carbonyl (C=O) groups is 2. The van der Waals surface area contributed by atoms with Crippen molar-refractivity contribution in [2.24, 2.45) is 22.6 Å². The highest BCUT2D eigenvalue weighted by molar-refractivity contribution is 6.11. The summed E-state index contributed by atoms with van der Waals surface area (Å²) in [6.45, 7) is 0.754. The number of nitrogens with zero attached hydrogens (tertiary/aromatic N) is 3. The molecule has 0 spiro atoms. The van der Waals surface area contributed by atoms with Gasteiger partial charge in [-0.05, 0) is 55.2 Å². The Morgan fingerprint density at radius 3 is 2.44 bits per heavy atom. The van der Waals surface area contributed by atoms with Crippen molar-refractivity contribution < 1.29 is 45.1 Å². The Labute approximate surface area is 230 Å². The number of fused-ring (bicyclic) bond motifs is 1. The van der Waals surface area contributed by atoms with E-state index in [4.69, 9.17) is 10.5 Å². The predicted octanol–water partition coefficient (Wildman–Crippen LogP) is 5.74. The van der Waals surface area contributed by atoms with Gasteiger partial charge >= 0.3 is 18.4 Å². The van der Waals surface area contributed by atoms with Crippen LogP contribution in [0.4, 0.5) is 41.2 Å². The van der Waals surface area contributed by atoms with Gasteiger partial charge in [0.15, 0.2) is 5.75 Å². The van der Waals surface area contributed by atoms with Crippen LogP contribution in [0, 0.1) is 17.7 Å². The fraction of sp³-hybridized carbons (Fsp3) is 0.370. The molecule has 2 atom stereocenters. The summed E-state index contributed by atoms with van der Waals surface area (Å²) in [6, 6.07) is 4.52. The highest BCUT2D eigenvalue weighted by atomic mass is 19.4. The molecule has 2 aliphatic rings. The largest absolute Gasteiger partial charge is 0.420 e. The maximum Gasteiger partial charge on any atom is 0.420 e. The van der Waals surface area contributed by atoms with Crippen molar-refractivity contribution in [3.8, 4) is 5.75 Å². The van der Waals surface area contributed by atoms with Crippen molar-refractivity contribution in [3.63, 3.8) is 0 Å². The van der Waals surface area contributed by atoms with Crippen LogP contribution in [0.3, 0.4) is 0 Å². The van der Waals surface area contributed by atoms with Crippen LogP contribution < -0.4 is 15.4 Å². The van der Waals surface area contributed by atoms with Crippen LogP contribution in [0.5, 0.6) is 5.75 Å². The van der Waals surface area contributed by atoms with Gasteiger partial charge in [0.2, 0.25) is 5.91 Å². The zero-order valence-corrected chi connectivity index (χ0v) is 21.6. The van der Waals surface area contributed by atoms with Gasteiger partial charge in [0.1, 0.15) is 5.82 Å². The van der Waals surface area contributed by atoms with Gasteiger partial charge in [0.05, 0.1) is 17.7 Å². The number of rotatable bonds is 7. The third kappa shape index (κ3) is 6.80. The molecule has 2 aromatic rings. The van der Waals surface area contributed by atoms with E-state index in [-0.39, 0.29) is 42.2 Å². The smallest absolute Gasteiger partial charge is 0.409 e. The zero-order valence-electron chi connectivity index (χ0n) is 21.6. The molecule has 1 aliphatic carbocycles. The van der Waals surface area contributed by atoms with Crippen LogP contribution in [-0.2, 0) is 17.1 Å². The van der Waals surface area contributed by atoms with Crippen molar-refractivity contribution in [2.45, 2.75) is 25.2 Å². The molecule has 0 bridgehead atoms. The third-order valence-corrected chi connectivity index (χ3v) is 6.94. The van der Waals surface area contributed by atoms with Crippen LogP contribution in [0.1, 0.15) is 29.5 Å². The number of piperidine rings is 1. The van der Waals surface area contributed by atoms with Gasteiger partial charge in [-0.1, -0.05) is 0 Å². The van der Waals surface area contributed by atoms with Crippen LogP contribution >= 0.6 is 0 Å². The number of carbonyl (C=O) groups excluding carboxylic acids is 2. The summed E-state index contributed by atoms with van der Waals surface area (Å²) < 4.78 is 101. The van der Waals surface area contributed by atoms with Crippen molar-refractivity contribution in [1.29, 1.82) is 0 Å². The Hall–Kier alpha value is -4.10. The molecule has 2 amide bonds. The summed E-state index contributed by atoms with van der Waals surface area (Å²) in [4.78, 5) is 31.6. The molecule has 1 saturated carbocycles. The monoisotopic (exact) mass is 586 g/mol. The second-order valence-corrected chi connectivity index (χ2v) is 9.67. The fourth-order valence-electron chi connectivity index (χ4n) is 4.55. The Kier molecular flexibility index (Phi) is 8.31. The summed E-state index contributed by atoms with van der Waals surface area (Å²) in [6.07, 6.45) is -8.54. The summed E-state index contributed by atoms with van der Waals surface area (Å²) in [5, 5.41) is 0. The quantitative estimate of drug-likeness (QED) is 0.331. The molecule has 14 heteroatoms. The first kappa shape index (κ1) is 29.9. The first-order valence-corrected chi connectivity index (χ1v) is 12.4. The molecule has 0 aromatic heterocycles. The van der Waals surface area contributed by atoms with Gasteiger partial charge in [-0.2, -0.15) is 26.3 Å². The van der Waals surface area contributed by atoms with E-state index >= 15 is 0 Å². The van der Waals surface area contributed by atoms with E-state index in [0.717, 1.165) is 61.5 Å². The van der Waals surface area contributed by atoms with Gasteiger partial charge < -0.3 is 15.4 Å². The first-order chi connectivity index (χ1) is 19.2. The fourth-order valence-corrected chi connectivity index (χ4v) is 4.55. The number of aliphatic imine (C=N–C) groups is 1. The van der Waals surface area contributed by atoms with E-state index in [2.05, 4.69) is 4.99 Å². The van der Waals surface area contributed by atoms with Crippen LogP contribution in [0.15, 0.2) is 47.6 Å². The molecule has 220 valence electrons. The minimum absolute atomic E-state index is 0.00166. The number of likely N-dealkylation sites (tertiary alicyclic amines) is 1. The van der Waals surface area contributed by atoms with Crippen molar-refractivity contribution in [1.82, 2.24) is 4.90 Å². The molecule has 1 heterocycles. The number of alkyl halides is 6. The first-order valence-electron chi connectivity index (χ1n) is 12.4. The van der Waals surface area contributed by atoms with E-state index in [0.29, 0.717) is 18.5 Å². The molecule has 2 unspecified atom stereocenters. The van der Waals surface area contributed by atoms with Gasteiger partial charge in [0.25, 0.3) is 0 Å². The molecule has 4 rings (SSSR count). The lowest BCUT2D eigenvalue weighted by molar-refractivity contribution is -0.143. The Morgan fingerprint density at radius 2 is 1.83 bits per heavy atom. The lowest BCUT2D eigenvalue weighted by Crippen LogP contribution is -2.38. The Morgan fingerprint density at radius 1 is 1.15 bits per heavy atom. The molecule has 2 N–H and O–H groups in total. The standard InChI is InChI=1S/C27H25F7N4O3/c1-37(19-4-2-18(28)3-5-19)25(40)41-23-20(11-17(26(29,30)31)12-22(23)27(32,33)34)16(13-35)14-36-7-9-38-8-6-15-10-21(15)24(38)39/h2-5,11-15,21H,6-10,35H2,1H3/b16-13+,36-14?. The number of allylic oxidation sites excluding steroid dienone is 1. The summed E-state index contributed by atoms with van der Waals surface area (Å²) in [5.41, 5.74) is 0.940. The van der Waals surface area contributed by atoms with Crippen molar-refractivity contribution in [2.75, 3.05) is 31.6 Å². The topological polar surface area (TPSA) is 88.2 Å². The molecule has 1 saturated heterocycles. The Balaban J connectivity index is 1.66. The zero-order chi connectivity index (χ0) is 30.1. The number of nitrogens with two attached hydrogens (primary N) is 1. The number of anilines is 1. The summed E-state index contributed by atoms with van der Waals surface area (Å²) >= 11 is 0. The molecular formula is C27H25F7N4O3. The highest BCUT2D eigenvalue weighted by Gasteiger charge is 2.48. The van der Waals surface area contributed by atoms with Crippen LogP contribution in [0.25, 0.3) is 5.57 Å². The summed E-state index contributed by atoms with van der Waals surface area (Å²) in [5.74, 6) is -1.46. The van der Waals surface area contributed by atoms with Crippen LogP contribution in [0.2, 0.25) is 0 Å². The number of hydrogen-bond acceptors (Lipinski definition) is 5. The van der Waals surface area contributed by atoms with Gasteiger partial charge in [0, 0.05) is 55.3 Å². The number of amides is 2. The average molecular weight is 587 g/mol. The number of ether oxygens (including phenoxy) is 1. The Bertz CT molecular complexity index is 1370. The highest BCUT2D eigenvalue weighted by Crippen LogP contribution is 2.46. The molecule has 1 aliphatic heterocycles. The average Bonchev–Trinajstić information content (AvgIpc) is 3.70.